The molecule has 0 bridgehead atoms. The highest BCUT2D eigenvalue weighted by molar-refractivity contribution is 9.10. The smallest absolute Gasteiger partial charge is 0.337 e. The Balaban J connectivity index is 2.56. The van der Waals surface area contributed by atoms with Crippen molar-refractivity contribution in [3.63, 3.8) is 0 Å². The summed E-state index contributed by atoms with van der Waals surface area (Å²) in [4.78, 5) is 22.6. The summed E-state index contributed by atoms with van der Waals surface area (Å²) in [5.41, 5.74) is 1.44. The summed E-state index contributed by atoms with van der Waals surface area (Å²) in [7, 11) is 2.83. The highest BCUT2D eigenvalue weighted by Gasteiger charge is 2.08. The van der Waals surface area contributed by atoms with E-state index in [-0.39, 0.29) is 24.9 Å². The quantitative estimate of drug-likeness (QED) is 0.769. The first kappa shape index (κ1) is 15.8. The Morgan fingerprint density at radius 3 is 2.63 bits per heavy atom. The molecule has 1 N–H and O–H groups in total. The van der Waals surface area contributed by atoms with Gasteiger partial charge in [-0.15, -0.1) is 0 Å². The molecule has 0 radical (unpaired) electrons. The third-order valence-corrected chi connectivity index (χ3v) is 3.16. The Morgan fingerprint density at radius 2 is 2.05 bits per heavy atom. The van der Waals surface area contributed by atoms with Crippen LogP contribution in [0, 0.1) is 0 Å². The second kappa shape index (κ2) is 8.04. The Kier molecular flexibility index (Phi) is 6.69. The van der Waals surface area contributed by atoms with E-state index in [4.69, 9.17) is 4.74 Å². The maximum Gasteiger partial charge on any atom is 0.337 e. The van der Waals surface area contributed by atoms with Crippen LogP contribution in [0.25, 0.3) is 0 Å². The zero-order chi connectivity index (χ0) is 14.3. The summed E-state index contributed by atoms with van der Waals surface area (Å²) in [5, 5.41) is 3.01. The number of carbonyl (C=O) groups excluding carboxylic acids is 2. The number of nitrogens with one attached hydrogen (secondary N) is 1. The summed E-state index contributed by atoms with van der Waals surface area (Å²) >= 11 is 3.39. The van der Waals surface area contributed by atoms with Crippen LogP contribution >= 0.6 is 15.9 Å². The number of hydrogen-bond acceptors (Lipinski definition) is 5. The van der Waals surface area contributed by atoms with Gasteiger partial charge >= 0.3 is 5.97 Å². The predicted molar refractivity (Wildman–Crippen MR) is 74.1 cm³/mol. The molecule has 0 unspecified atom stereocenters. The summed E-state index contributed by atoms with van der Waals surface area (Å²) in [6.45, 7) is 0.881. The fourth-order valence-corrected chi connectivity index (χ4v) is 2.00. The van der Waals surface area contributed by atoms with Crippen molar-refractivity contribution in [3.8, 4) is 0 Å². The van der Waals surface area contributed by atoms with Crippen molar-refractivity contribution in [3.05, 3.63) is 33.8 Å². The minimum absolute atomic E-state index is 0.00944. The van der Waals surface area contributed by atoms with E-state index in [9.17, 15) is 9.59 Å². The van der Waals surface area contributed by atoms with Crippen molar-refractivity contribution in [1.82, 2.24) is 5.32 Å². The average molecular weight is 330 g/mol. The molecule has 1 rings (SSSR count). The molecule has 6 heteroatoms. The van der Waals surface area contributed by atoms with E-state index < -0.39 is 0 Å². The topological polar surface area (TPSA) is 64.6 Å². The minimum atomic E-state index is -0.379. The van der Waals surface area contributed by atoms with Crippen LogP contribution in [-0.2, 0) is 20.8 Å². The van der Waals surface area contributed by atoms with Crippen LogP contribution in [0.3, 0.4) is 0 Å². The number of ketones is 1. The van der Waals surface area contributed by atoms with Gasteiger partial charge in [0.05, 0.1) is 19.2 Å². The van der Waals surface area contributed by atoms with Gasteiger partial charge in [0.25, 0.3) is 0 Å². The lowest BCUT2D eigenvalue weighted by Gasteiger charge is -2.08. The standard InChI is InChI=1S/C13H16BrNO4/c1-18-8-11(16)7-15-6-10-4-3-9(5-12(10)14)13(17)19-2/h3-5,15H,6-8H2,1-2H3. The Morgan fingerprint density at radius 1 is 1.32 bits per heavy atom. The number of benzene rings is 1. The van der Waals surface area contributed by atoms with Crippen molar-refractivity contribution in [2.45, 2.75) is 6.54 Å². The number of esters is 1. The fraction of sp³-hybridized carbons (Fsp3) is 0.385. The van der Waals surface area contributed by atoms with Crippen LogP contribution in [0.15, 0.2) is 22.7 Å². The van der Waals surface area contributed by atoms with Gasteiger partial charge in [0.1, 0.15) is 6.61 Å². The maximum absolute atomic E-state index is 11.3. The van der Waals surface area contributed by atoms with Crippen LogP contribution in [0.4, 0.5) is 0 Å². The predicted octanol–water partition coefficient (Wildman–Crippen LogP) is 1.54. The van der Waals surface area contributed by atoms with E-state index in [2.05, 4.69) is 26.0 Å². The number of hydrogen-bond donors (Lipinski definition) is 1. The van der Waals surface area contributed by atoms with Crippen molar-refractivity contribution >= 4 is 27.7 Å². The molecule has 0 spiro atoms. The molecule has 1 aromatic rings. The molecule has 0 atom stereocenters. The molecule has 19 heavy (non-hydrogen) atoms. The first-order chi connectivity index (χ1) is 9.08. The van der Waals surface area contributed by atoms with Gasteiger partial charge in [-0.2, -0.15) is 0 Å². The summed E-state index contributed by atoms with van der Waals surface area (Å²) in [6, 6.07) is 5.19. The fourth-order valence-electron chi connectivity index (χ4n) is 1.48. The zero-order valence-corrected chi connectivity index (χ0v) is 12.5. The summed E-state index contributed by atoms with van der Waals surface area (Å²) in [6.07, 6.45) is 0. The molecule has 0 amide bonds. The Labute approximate surface area is 120 Å². The third kappa shape index (κ3) is 5.10. The number of rotatable bonds is 7. The van der Waals surface area contributed by atoms with E-state index in [1.807, 2.05) is 6.07 Å². The lowest BCUT2D eigenvalue weighted by atomic mass is 10.1. The normalized spacial score (nSPS) is 10.3. The molecule has 0 saturated heterocycles. The second-order valence-corrected chi connectivity index (χ2v) is 4.73. The van der Waals surface area contributed by atoms with Crippen molar-refractivity contribution < 1.29 is 19.1 Å². The van der Waals surface area contributed by atoms with Gasteiger partial charge in [0.2, 0.25) is 0 Å². The van der Waals surface area contributed by atoms with Crippen molar-refractivity contribution in [2.75, 3.05) is 27.4 Å². The molecule has 0 aliphatic heterocycles. The van der Waals surface area contributed by atoms with E-state index >= 15 is 0 Å². The average Bonchev–Trinajstić information content (AvgIpc) is 2.40. The van der Waals surface area contributed by atoms with Crippen molar-refractivity contribution in [1.29, 1.82) is 0 Å². The van der Waals surface area contributed by atoms with Gasteiger partial charge in [0.15, 0.2) is 5.78 Å². The number of halogens is 1. The first-order valence-electron chi connectivity index (χ1n) is 5.66. The van der Waals surface area contributed by atoms with Gasteiger partial charge in [-0.3, -0.25) is 4.79 Å². The molecule has 0 heterocycles. The van der Waals surface area contributed by atoms with Crippen LogP contribution in [0.1, 0.15) is 15.9 Å². The van der Waals surface area contributed by atoms with E-state index in [1.165, 1.54) is 14.2 Å². The van der Waals surface area contributed by atoms with E-state index in [0.29, 0.717) is 12.1 Å². The minimum Gasteiger partial charge on any atom is -0.465 e. The molecular weight excluding hydrogens is 314 g/mol. The molecule has 104 valence electrons. The number of Topliss-reactive ketones (excluding diaryl/α,β-unsaturated/α-hetero) is 1. The molecule has 0 aliphatic carbocycles. The molecule has 5 nitrogen and oxygen atoms in total. The lowest BCUT2D eigenvalue weighted by molar-refractivity contribution is -0.121. The first-order valence-corrected chi connectivity index (χ1v) is 6.46. The summed E-state index contributed by atoms with van der Waals surface area (Å²) < 4.78 is 10.2. The molecular formula is C13H16BrNO4. The zero-order valence-electron chi connectivity index (χ0n) is 10.9. The number of ether oxygens (including phenoxy) is 2. The number of carbonyl (C=O) groups is 2. The molecule has 0 fully saturated rings. The van der Waals surface area contributed by atoms with E-state index in [0.717, 1.165) is 10.0 Å². The largest absolute Gasteiger partial charge is 0.465 e. The van der Waals surface area contributed by atoms with Crippen LogP contribution in [0.5, 0.6) is 0 Å². The van der Waals surface area contributed by atoms with Crippen LogP contribution < -0.4 is 5.32 Å². The molecule has 1 aromatic carbocycles. The van der Waals surface area contributed by atoms with E-state index in [1.54, 1.807) is 12.1 Å². The van der Waals surface area contributed by atoms with Crippen molar-refractivity contribution in [2.24, 2.45) is 0 Å². The summed E-state index contributed by atoms with van der Waals surface area (Å²) in [5.74, 6) is -0.389. The molecule has 0 aliphatic rings. The third-order valence-electron chi connectivity index (χ3n) is 2.42. The number of methoxy groups -OCH3 is 2. The SMILES string of the molecule is COCC(=O)CNCc1ccc(C(=O)OC)cc1Br. The Hall–Kier alpha value is -1.24. The Bertz CT molecular complexity index is 462. The second-order valence-electron chi connectivity index (χ2n) is 3.87. The van der Waals surface area contributed by atoms with Gasteiger partial charge in [-0.25, -0.2) is 4.79 Å². The van der Waals surface area contributed by atoms with Crippen LogP contribution in [0.2, 0.25) is 0 Å². The van der Waals surface area contributed by atoms with Crippen LogP contribution in [-0.4, -0.2) is 39.1 Å². The highest BCUT2D eigenvalue weighted by atomic mass is 79.9. The lowest BCUT2D eigenvalue weighted by Crippen LogP contribution is -2.25. The van der Waals surface area contributed by atoms with Gasteiger partial charge in [0, 0.05) is 18.1 Å². The van der Waals surface area contributed by atoms with Gasteiger partial charge in [-0.05, 0) is 17.7 Å². The monoisotopic (exact) mass is 329 g/mol. The maximum atomic E-state index is 11.3. The molecule has 0 aromatic heterocycles. The van der Waals surface area contributed by atoms with Gasteiger partial charge < -0.3 is 14.8 Å². The highest BCUT2D eigenvalue weighted by Crippen LogP contribution is 2.19. The van der Waals surface area contributed by atoms with Gasteiger partial charge in [-0.1, -0.05) is 22.0 Å². The molecule has 0 saturated carbocycles.